The van der Waals surface area contributed by atoms with Gasteiger partial charge in [-0.1, -0.05) is 36.4 Å². The van der Waals surface area contributed by atoms with Crippen molar-refractivity contribution in [2.24, 2.45) is 0 Å². The second kappa shape index (κ2) is 5.81. The number of nitrogens with one attached hydrogen (secondary N) is 1. The van der Waals surface area contributed by atoms with E-state index in [0.29, 0.717) is 0 Å². The number of piperidine rings is 1. The molecule has 3 aromatic rings. The van der Waals surface area contributed by atoms with Crippen LogP contribution in [-0.2, 0) is 0 Å². The van der Waals surface area contributed by atoms with Gasteiger partial charge in [0.15, 0.2) is 0 Å². The molecule has 0 bridgehead atoms. The van der Waals surface area contributed by atoms with E-state index in [1.54, 1.807) is 0 Å². The first-order valence-corrected chi connectivity index (χ1v) is 8.22. The Balaban J connectivity index is 1.75. The van der Waals surface area contributed by atoms with Crippen LogP contribution in [0.1, 0.15) is 24.8 Å². The van der Waals surface area contributed by atoms with Crippen molar-refractivity contribution in [1.29, 1.82) is 5.26 Å². The molecule has 4 rings (SSSR count). The summed E-state index contributed by atoms with van der Waals surface area (Å²) >= 11 is 0. The van der Waals surface area contributed by atoms with Crippen LogP contribution in [0, 0.1) is 11.3 Å². The molecule has 1 saturated heterocycles. The average molecular weight is 301 g/mol. The van der Waals surface area contributed by atoms with E-state index >= 15 is 0 Å². The van der Waals surface area contributed by atoms with Crippen LogP contribution in [0.3, 0.4) is 0 Å². The van der Waals surface area contributed by atoms with Crippen LogP contribution < -0.4 is 4.90 Å². The van der Waals surface area contributed by atoms with Gasteiger partial charge in [0.25, 0.3) is 0 Å². The minimum absolute atomic E-state index is 0.745. The fourth-order valence-corrected chi connectivity index (χ4v) is 3.41. The Bertz CT molecular complexity index is 879. The van der Waals surface area contributed by atoms with Crippen LogP contribution >= 0.6 is 0 Å². The van der Waals surface area contributed by atoms with Crippen LogP contribution in [0.5, 0.6) is 0 Å². The van der Waals surface area contributed by atoms with Crippen molar-refractivity contribution in [1.82, 2.24) is 4.98 Å². The van der Waals surface area contributed by atoms with E-state index in [2.05, 4.69) is 58.4 Å². The van der Waals surface area contributed by atoms with Gasteiger partial charge >= 0.3 is 0 Å². The molecule has 3 nitrogen and oxygen atoms in total. The third-order valence-corrected chi connectivity index (χ3v) is 4.65. The van der Waals surface area contributed by atoms with E-state index in [1.807, 2.05) is 6.07 Å². The minimum atomic E-state index is 0.745. The van der Waals surface area contributed by atoms with Crippen LogP contribution in [0.15, 0.2) is 48.5 Å². The first-order valence-electron chi connectivity index (χ1n) is 8.22. The highest BCUT2D eigenvalue weighted by Crippen LogP contribution is 2.30. The molecule has 2 aromatic carbocycles. The lowest BCUT2D eigenvalue weighted by Crippen LogP contribution is -2.30. The number of nitriles is 1. The predicted octanol–water partition coefficient (Wildman–Crippen LogP) is 4.70. The van der Waals surface area contributed by atoms with Gasteiger partial charge in [0.2, 0.25) is 0 Å². The highest BCUT2D eigenvalue weighted by Gasteiger charge is 2.18. The van der Waals surface area contributed by atoms with Crippen LogP contribution in [-0.4, -0.2) is 18.1 Å². The predicted molar refractivity (Wildman–Crippen MR) is 94.5 cm³/mol. The molecule has 2 heterocycles. The van der Waals surface area contributed by atoms with Crippen molar-refractivity contribution in [3.63, 3.8) is 0 Å². The molecule has 0 amide bonds. The highest BCUT2D eigenvalue weighted by atomic mass is 15.2. The van der Waals surface area contributed by atoms with Gasteiger partial charge in [-0.2, -0.15) is 5.26 Å². The largest absolute Gasteiger partial charge is 0.357 e. The monoisotopic (exact) mass is 301 g/mol. The maximum absolute atomic E-state index is 9.48. The van der Waals surface area contributed by atoms with Crippen LogP contribution in [0.4, 0.5) is 5.82 Å². The van der Waals surface area contributed by atoms with Gasteiger partial charge in [-0.25, -0.2) is 0 Å². The molecule has 0 spiro atoms. The maximum atomic E-state index is 9.48. The zero-order valence-electron chi connectivity index (χ0n) is 13.0. The summed E-state index contributed by atoms with van der Waals surface area (Å²) in [4.78, 5) is 5.80. The Hall–Kier alpha value is -2.73. The molecule has 0 aliphatic carbocycles. The van der Waals surface area contributed by atoms with Crippen molar-refractivity contribution in [2.75, 3.05) is 18.0 Å². The first kappa shape index (κ1) is 13.9. The summed E-state index contributed by atoms with van der Waals surface area (Å²) < 4.78 is 0. The third-order valence-electron chi connectivity index (χ3n) is 4.65. The molecular formula is C20H19N3. The van der Waals surface area contributed by atoms with E-state index in [9.17, 15) is 5.26 Å². The van der Waals surface area contributed by atoms with Crippen LogP contribution in [0.25, 0.3) is 22.0 Å². The number of nitrogens with zero attached hydrogens (tertiary/aromatic N) is 2. The normalized spacial score (nSPS) is 14.8. The summed E-state index contributed by atoms with van der Waals surface area (Å²) in [6.45, 7) is 2.07. The number of aromatic nitrogens is 1. The lowest BCUT2D eigenvalue weighted by Gasteiger charge is -2.27. The zero-order chi connectivity index (χ0) is 15.6. The average Bonchev–Trinajstić information content (AvgIpc) is 3.06. The summed E-state index contributed by atoms with van der Waals surface area (Å²) in [6.07, 6.45) is 3.70. The van der Waals surface area contributed by atoms with E-state index in [1.165, 1.54) is 30.0 Å². The van der Waals surface area contributed by atoms with Gasteiger partial charge in [0, 0.05) is 18.8 Å². The molecule has 3 heteroatoms. The fourth-order valence-electron chi connectivity index (χ4n) is 3.41. The first-order chi connectivity index (χ1) is 11.3. The number of hydrogen-bond acceptors (Lipinski definition) is 2. The van der Waals surface area contributed by atoms with Gasteiger partial charge in [-0.05, 0) is 47.7 Å². The molecule has 23 heavy (non-hydrogen) atoms. The van der Waals surface area contributed by atoms with Crippen molar-refractivity contribution in [3.05, 3.63) is 54.1 Å². The van der Waals surface area contributed by atoms with Gasteiger partial charge in [0.05, 0.1) is 5.56 Å². The topological polar surface area (TPSA) is 42.8 Å². The maximum Gasteiger partial charge on any atom is 0.124 e. The molecule has 0 saturated carbocycles. The Morgan fingerprint density at radius 3 is 2.48 bits per heavy atom. The second-order valence-corrected chi connectivity index (χ2v) is 6.17. The van der Waals surface area contributed by atoms with Crippen molar-refractivity contribution < 1.29 is 0 Å². The molecule has 0 radical (unpaired) electrons. The Kier molecular flexibility index (Phi) is 3.51. The van der Waals surface area contributed by atoms with Crippen molar-refractivity contribution >= 4 is 16.6 Å². The smallest absolute Gasteiger partial charge is 0.124 e. The molecule has 114 valence electrons. The number of hydrogen-bond donors (Lipinski definition) is 1. The summed E-state index contributed by atoms with van der Waals surface area (Å²) in [6, 6.07) is 19.1. The van der Waals surface area contributed by atoms with E-state index < -0.39 is 0 Å². The molecule has 0 atom stereocenters. The number of fused-ring (bicyclic) bond motifs is 1. The number of H-pyrrole nitrogens is 1. The van der Waals surface area contributed by atoms with Crippen molar-refractivity contribution in [2.45, 2.75) is 19.3 Å². The second-order valence-electron chi connectivity index (χ2n) is 6.17. The molecule has 1 fully saturated rings. The van der Waals surface area contributed by atoms with Gasteiger partial charge < -0.3 is 9.88 Å². The van der Waals surface area contributed by atoms with Gasteiger partial charge in [-0.3, -0.25) is 0 Å². The third kappa shape index (κ3) is 2.57. The van der Waals surface area contributed by atoms with E-state index in [4.69, 9.17) is 0 Å². The number of anilines is 1. The van der Waals surface area contributed by atoms with Gasteiger partial charge in [0.1, 0.15) is 11.9 Å². The summed E-state index contributed by atoms with van der Waals surface area (Å²) in [5, 5.41) is 11.9. The summed E-state index contributed by atoms with van der Waals surface area (Å²) in [5.74, 6) is 0.982. The minimum Gasteiger partial charge on any atom is -0.357 e. The number of rotatable bonds is 2. The van der Waals surface area contributed by atoms with E-state index in [0.717, 1.165) is 35.7 Å². The lowest BCUT2D eigenvalue weighted by molar-refractivity contribution is 0.574. The summed E-state index contributed by atoms with van der Waals surface area (Å²) in [5.41, 5.74) is 2.89. The molecule has 1 aliphatic heterocycles. The quantitative estimate of drug-likeness (QED) is 0.745. The molecule has 0 unspecified atom stereocenters. The number of benzene rings is 2. The lowest BCUT2D eigenvalue weighted by atomic mass is 10.1. The Morgan fingerprint density at radius 2 is 1.70 bits per heavy atom. The van der Waals surface area contributed by atoms with Crippen molar-refractivity contribution in [3.8, 4) is 17.3 Å². The van der Waals surface area contributed by atoms with Crippen LogP contribution in [0.2, 0.25) is 0 Å². The zero-order valence-corrected chi connectivity index (χ0v) is 13.0. The highest BCUT2D eigenvalue weighted by molar-refractivity contribution is 5.87. The standard InChI is InChI=1S/C20H19N3/c21-14-18-13-19(22-20(18)23-10-4-1-5-11-23)17-9-8-15-6-2-3-7-16(15)12-17/h2-3,6-9,12-13,22H,1,4-5,10-11H2. The Labute approximate surface area is 136 Å². The van der Waals surface area contributed by atoms with Gasteiger partial charge in [-0.15, -0.1) is 0 Å². The fraction of sp³-hybridized carbons (Fsp3) is 0.250. The molecule has 1 aromatic heterocycles. The Morgan fingerprint density at radius 1 is 0.913 bits per heavy atom. The molecule has 1 aliphatic rings. The van der Waals surface area contributed by atoms with E-state index in [-0.39, 0.29) is 0 Å². The molecule has 1 N–H and O–H groups in total. The number of aromatic amines is 1. The molecular weight excluding hydrogens is 282 g/mol. The SMILES string of the molecule is N#Cc1cc(-c2ccc3ccccc3c2)[nH]c1N1CCCCC1. The summed E-state index contributed by atoms with van der Waals surface area (Å²) in [7, 11) is 0.